The van der Waals surface area contributed by atoms with Gasteiger partial charge in [0, 0.05) is 37.1 Å². The van der Waals surface area contributed by atoms with E-state index in [0.29, 0.717) is 43.3 Å². The zero-order chi connectivity index (χ0) is 29.3. The highest BCUT2D eigenvalue weighted by Crippen LogP contribution is 2.46. The molecule has 3 aliphatic carbocycles. The fourth-order valence-electron chi connectivity index (χ4n) is 8.72. The number of nitrogens with zero attached hydrogens (tertiary/aromatic N) is 2. The Morgan fingerprint density at radius 3 is 2.27 bits per heavy atom. The zero-order valence-electron chi connectivity index (χ0n) is 24.7. The van der Waals surface area contributed by atoms with Gasteiger partial charge in [-0.05, 0) is 76.2 Å². The molecule has 0 radical (unpaired) electrons. The molecule has 0 spiro atoms. The van der Waals surface area contributed by atoms with E-state index in [-0.39, 0.29) is 35.8 Å². The maximum atomic E-state index is 13.7. The predicted molar refractivity (Wildman–Crippen MR) is 159 cm³/mol. The first kappa shape index (κ1) is 31.4. The second-order valence-corrected chi connectivity index (χ2v) is 14.4. The van der Waals surface area contributed by atoms with Crippen molar-refractivity contribution in [1.82, 2.24) is 20.7 Å². The maximum Gasteiger partial charge on any atom is 0.273 e. The van der Waals surface area contributed by atoms with E-state index in [1.165, 1.54) is 45.1 Å². The molecule has 3 saturated heterocycles. The van der Waals surface area contributed by atoms with Crippen molar-refractivity contribution in [2.75, 3.05) is 13.1 Å². The summed E-state index contributed by atoms with van der Waals surface area (Å²) in [5, 5.41) is 16.6. The van der Waals surface area contributed by atoms with Crippen molar-refractivity contribution < 1.29 is 23.5 Å². The lowest BCUT2D eigenvalue weighted by Crippen LogP contribution is -2.60. The topological polar surface area (TPSA) is 84.9 Å². The quantitative estimate of drug-likeness (QED) is 0.325. The summed E-state index contributed by atoms with van der Waals surface area (Å²) in [4.78, 5) is 25.5. The molecule has 3 saturated carbocycles. The first-order valence-electron chi connectivity index (χ1n) is 16.1. The van der Waals surface area contributed by atoms with Crippen LogP contribution >= 0.6 is 9.24 Å². The molecule has 0 aromatic rings. The number of aliphatic hydroxyl groups is 1. The second-order valence-electron chi connectivity index (χ2n) is 13.6. The molecule has 1 amide bonds. The molecule has 41 heavy (non-hydrogen) atoms. The third-order valence-electron chi connectivity index (χ3n) is 11.2. The van der Waals surface area contributed by atoms with Gasteiger partial charge in [0.15, 0.2) is 5.78 Å². The van der Waals surface area contributed by atoms with Crippen molar-refractivity contribution in [1.29, 1.82) is 0 Å². The Morgan fingerprint density at radius 1 is 0.951 bits per heavy atom. The van der Waals surface area contributed by atoms with E-state index >= 15 is 0 Å². The van der Waals surface area contributed by atoms with Gasteiger partial charge in [0.25, 0.3) is 5.66 Å². The minimum absolute atomic E-state index is 0.0185. The summed E-state index contributed by atoms with van der Waals surface area (Å²) in [6.07, 6.45) is 14.5. The normalized spacial score (nSPS) is 39.9. The smallest absolute Gasteiger partial charge is 0.273 e. The van der Waals surface area contributed by atoms with Crippen LogP contribution in [0.25, 0.3) is 0 Å². The highest BCUT2D eigenvalue weighted by Gasteiger charge is 2.54. The van der Waals surface area contributed by atoms with Gasteiger partial charge in [-0.1, -0.05) is 47.9 Å². The van der Waals surface area contributed by atoms with Crippen LogP contribution in [0.2, 0.25) is 0 Å². The Bertz CT molecular complexity index is 939. The fraction of sp³-hybridized carbons (Fsp3) is 0.871. The van der Waals surface area contributed by atoms with E-state index < -0.39 is 11.7 Å². The van der Waals surface area contributed by atoms with Crippen molar-refractivity contribution >= 4 is 20.9 Å². The number of alkyl halides is 2. The van der Waals surface area contributed by atoms with Crippen molar-refractivity contribution in [2.45, 2.75) is 132 Å². The third-order valence-corrected chi connectivity index (χ3v) is 11.6. The number of allylic oxidation sites excluding steroid dienone is 1. The van der Waals surface area contributed by atoms with Crippen LogP contribution in [0.3, 0.4) is 0 Å². The van der Waals surface area contributed by atoms with E-state index in [4.69, 9.17) is 0 Å². The number of hydrazine groups is 1. The van der Waals surface area contributed by atoms with Gasteiger partial charge in [0.2, 0.25) is 5.91 Å². The summed E-state index contributed by atoms with van der Waals surface area (Å²) in [6, 6.07) is 0.254. The average molecular weight is 597 g/mol. The van der Waals surface area contributed by atoms with Crippen LogP contribution in [0.4, 0.5) is 8.78 Å². The van der Waals surface area contributed by atoms with Crippen molar-refractivity contribution in [2.24, 2.45) is 23.7 Å². The Balaban J connectivity index is 0.000000623. The minimum Gasteiger partial charge on any atom is -0.391 e. The van der Waals surface area contributed by atoms with Gasteiger partial charge in [-0.15, -0.1) is 0 Å². The standard InChI is InChI=1S/C27H45F2N4O2P.C4H6O/c28-27(29,36)24-11-9-18(15-30-24)26(35)32-13-12-22-25-19(6-1-2-7-21(25)32)31-33(22)20-10-8-17(14-23(20)34)16-4-3-5-16;1-3-4(2)5/h16-25,30-31,34H,1-15,36H2;3H,1H2,2H3. The lowest BCUT2D eigenvalue weighted by molar-refractivity contribution is -0.144. The number of piperidine rings is 2. The molecule has 3 heterocycles. The summed E-state index contributed by atoms with van der Waals surface area (Å²) < 4.78 is 27.5. The number of amides is 1. The molecule has 6 rings (SSSR count). The van der Waals surface area contributed by atoms with Crippen LogP contribution in [0.5, 0.6) is 0 Å². The number of rotatable bonds is 5. The highest BCUT2D eigenvalue weighted by atomic mass is 31.0. The van der Waals surface area contributed by atoms with Crippen LogP contribution in [-0.4, -0.2) is 81.8 Å². The van der Waals surface area contributed by atoms with E-state index in [0.717, 1.165) is 51.0 Å². The molecule has 3 N–H and O–H groups in total. The summed E-state index contributed by atoms with van der Waals surface area (Å²) in [7, 11) is 1.64. The van der Waals surface area contributed by atoms with Crippen molar-refractivity contribution in [3.8, 4) is 0 Å². The summed E-state index contributed by atoms with van der Waals surface area (Å²) in [5.41, 5.74) is 1.04. The van der Waals surface area contributed by atoms with E-state index in [1.54, 1.807) is 9.24 Å². The van der Waals surface area contributed by atoms with Gasteiger partial charge < -0.3 is 15.3 Å². The molecule has 7 nitrogen and oxygen atoms in total. The molecule has 10 atom stereocenters. The third kappa shape index (κ3) is 6.90. The predicted octanol–water partition coefficient (Wildman–Crippen LogP) is 4.26. The zero-order valence-corrected chi connectivity index (χ0v) is 25.8. The molecule has 3 aliphatic heterocycles. The Labute approximate surface area is 246 Å². The number of halogens is 2. The van der Waals surface area contributed by atoms with Gasteiger partial charge in [-0.25, -0.2) is 13.8 Å². The van der Waals surface area contributed by atoms with Crippen LogP contribution < -0.4 is 10.7 Å². The van der Waals surface area contributed by atoms with E-state index in [9.17, 15) is 23.5 Å². The second kappa shape index (κ2) is 13.3. The molecule has 232 valence electrons. The lowest BCUT2D eigenvalue weighted by atomic mass is 9.68. The lowest BCUT2D eigenvalue weighted by Gasteiger charge is -2.49. The number of aliphatic hydroxyl groups excluding tert-OH is 1. The molecule has 10 unspecified atom stereocenters. The molecule has 0 aromatic heterocycles. The SMILES string of the molecule is C=CC(C)=O.O=C(C1CCC(C(F)(F)P)NC1)N1CCC2C3C(CCCCC31)NN2C1CCC(C2CCC2)CC1O. The Hall–Kier alpha value is -0.990. The fourth-order valence-corrected chi connectivity index (χ4v) is 9.01. The van der Waals surface area contributed by atoms with Gasteiger partial charge >= 0.3 is 0 Å². The van der Waals surface area contributed by atoms with Gasteiger partial charge in [0.05, 0.1) is 24.1 Å². The number of likely N-dealkylation sites (tertiary alicyclic amines) is 1. The Kier molecular flexibility index (Phi) is 10.2. The number of hydrogen-bond acceptors (Lipinski definition) is 6. The minimum atomic E-state index is -2.83. The van der Waals surface area contributed by atoms with Crippen LogP contribution in [0.1, 0.15) is 90.4 Å². The number of carbonyl (C=O) groups is 2. The number of ketones is 1. The number of nitrogens with one attached hydrogen (secondary N) is 2. The van der Waals surface area contributed by atoms with E-state index in [1.807, 2.05) is 0 Å². The largest absolute Gasteiger partial charge is 0.391 e. The maximum absolute atomic E-state index is 13.7. The van der Waals surface area contributed by atoms with Crippen LogP contribution in [-0.2, 0) is 9.59 Å². The molecular formula is C31H51F2N4O3P. The molecule has 0 bridgehead atoms. The molecule has 0 aromatic carbocycles. The first-order chi connectivity index (χ1) is 19.6. The van der Waals surface area contributed by atoms with E-state index in [2.05, 4.69) is 27.2 Å². The number of hydrogen-bond donors (Lipinski definition) is 3. The van der Waals surface area contributed by atoms with Crippen LogP contribution in [0.15, 0.2) is 12.7 Å². The molecular weight excluding hydrogens is 545 g/mol. The molecule has 10 heteroatoms. The Morgan fingerprint density at radius 2 is 1.68 bits per heavy atom. The van der Waals surface area contributed by atoms with Gasteiger partial charge in [-0.3, -0.25) is 15.0 Å². The summed E-state index contributed by atoms with van der Waals surface area (Å²) in [6.45, 7) is 5.76. The number of carbonyl (C=O) groups excluding carboxylic acids is 2. The highest BCUT2D eigenvalue weighted by molar-refractivity contribution is 7.18. The van der Waals surface area contributed by atoms with Crippen molar-refractivity contribution in [3.05, 3.63) is 12.7 Å². The first-order valence-corrected chi connectivity index (χ1v) is 16.7. The van der Waals surface area contributed by atoms with Gasteiger partial charge in [0.1, 0.15) is 0 Å². The molecule has 6 fully saturated rings. The monoisotopic (exact) mass is 596 g/mol. The summed E-state index contributed by atoms with van der Waals surface area (Å²) >= 11 is 0. The van der Waals surface area contributed by atoms with Gasteiger partial charge in [-0.2, -0.15) is 0 Å². The molecule has 6 aliphatic rings. The van der Waals surface area contributed by atoms with Crippen molar-refractivity contribution in [3.63, 3.8) is 0 Å². The van der Waals surface area contributed by atoms with Crippen LogP contribution in [0, 0.1) is 23.7 Å². The average Bonchev–Trinajstić information content (AvgIpc) is 3.14. The summed E-state index contributed by atoms with van der Waals surface area (Å²) in [5.74, 6) is 1.90.